The first-order chi connectivity index (χ1) is 13.7. The van der Waals surface area contributed by atoms with Gasteiger partial charge < -0.3 is 15.4 Å². The fourth-order valence-electron chi connectivity index (χ4n) is 3.72. The summed E-state index contributed by atoms with van der Waals surface area (Å²) >= 11 is 0. The lowest BCUT2D eigenvalue weighted by Gasteiger charge is -2.31. The Balaban J connectivity index is 1.88. The summed E-state index contributed by atoms with van der Waals surface area (Å²) in [6, 6.07) is 8.76. The van der Waals surface area contributed by atoms with E-state index < -0.39 is 0 Å². The fraction of sp³-hybridized carbons (Fsp3) is 0.696. The van der Waals surface area contributed by atoms with E-state index >= 15 is 0 Å². The van der Waals surface area contributed by atoms with Gasteiger partial charge in [-0.25, -0.2) is 4.99 Å². The third-order valence-corrected chi connectivity index (χ3v) is 5.22. The Bertz CT molecular complexity index is 575. The maximum Gasteiger partial charge on any atom is 0.191 e. The van der Waals surface area contributed by atoms with Gasteiger partial charge in [0.15, 0.2) is 5.96 Å². The molecule has 1 saturated heterocycles. The maximum absolute atomic E-state index is 5.40. The number of aliphatic imine (C=N–C) groups is 1. The van der Waals surface area contributed by atoms with E-state index in [-0.39, 0.29) is 0 Å². The minimum absolute atomic E-state index is 0.716. The third-order valence-electron chi connectivity index (χ3n) is 5.22. The van der Waals surface area contributed by atoms with Gasteiger partial charge in [-0.1, -0.05) is 31.2 Å². The van der Waals surface area contributed by atoms with Crippen LogP contribution in [0.2, 0.25) is 0 Å². The number of hydrogen-bond acceptors (Lipinski definition) is 3. The molecule has 0 bridgehead atoms. The summed E-state index contributed by atoms with van der Waals surface area (Å²) in [5, 5.41) is 6.81. The molecular formula is C23H40N4O. The third kappa shape index (κ3) is 8.61. The quantitative estimate of drug-likeness (QED) is 0.344. The standard InChI is InChI=1S/C23H40N4O/c1-4-24-23(25-14-8-9-16-28-5-2)26-17-21-12-6-7-13-22(21)19-27-15-10-11-20(3)18-27/h6-7,12-13,20H,4-5,8-11,14-19H2,1-3H3,(H2,24,25,26). The highest BCUT2D eigenvalue weighted by Crippen LogP contribution is 2.19. The Morgan fingerprint density at radius 3 is 2.75 bits per heavy atom. The average molecular weight is 389 g/mol. The van der Waals surface area contributed by atoms with E-state index in [0.29, 0.717) is 6.54 Å². The van der Waals surface area contributed by atoms with Gasteiger partial charge in [-0.15, -0.1) is 0 Å². The van der Waals surface area contributed by atoms with Crippen molar-refractivity contribution in [3.63, 3.8) is 0 Å². The fourth-order valence-corrected chi connectivity index (χ4v) is 3.72. The Kier molecular flexibility index (Phi) is 11.0. The lowest BCUT2D eigenvalue weighted by molar-refractivity contribution is 0.143. The minimum atomic E-state index is 0.716. The molecule has 1 aromatic carbocycles. The van der Waals surface area contributed by atoms with Gasteiger partial charge in [0.2, 0.25) is 0 Å². The molecule has 0 radical (unpaired) electrons. The van der Waals surface area contributed by atoms with Crippen LogP contribution in [-0.4, -0.2) is 50.3 Å². The molecule has 0 aromatic heterocycles. The van der Waals surface area contributed by atoms with E-state index in [1.54, 1.807) is 0 Å². The number of benzene rings is 1. The topological polar surface area (TPSA) is 48.9 Å². The first-order valence-electron chi connectivity index (χ1n) is 11.1. The summed E-state index contributed by atoms with van der Waals surface area (Å²) in [5.74, 6) is 1.71. The van der Waals surface area contributed by atoms with Crippen molar-refractivity contribution < 1.29 is 4.74 Å². The monoisotopic (exact) mass is 388 g/mol. The Hall–Kier alpha value is -1.59. The molecule has 2 rings (SSSR count). The molecule has 5 nitrogen and oxygen atoms in total. The van der Waals surface area contributed by atoms with Crippen LogP contribution in [0, 0.1) is 5.92 Å². The normalized spacial score (nSPS) is 18.2. The lowest BCUT2D eigenvalue weighted by atomic mass is 9.99. The zero-order chi connectivity index (χ0) is 20.0. The van der Waals surface area contributed by atoms with E-state index in [1.165, 1.54) is 37.1 Å². The predicted octanol–water partition coefficient (Wildman–Crippen LogP) is 3.79. The molecule has 28 heavy (non-hydrogen) atoms. The van der Waals surface area contributed by atoms with E-state index in [9.17, 15) is 0 Å². The Labute approximate surface area is 171 Å². The SMILES string of the molecule is CCNC(=NCc1ccccc1CN1CCCC(C)C1)NCCCCOCC. The number of nitrogens with one attached hydrogen (secondary N) is 2. The van der Waals surface area contributed by atoms with Crippen LogP contribution in [0.1, 0.15) is 57.6 Å². The average Bonchev–Trinajstić information content (AvgIpc) is 2.69. The van der Waals surface area contributed by atoms with Gasteiger partial charge in [0.1, 0.15) is 0 Å². The second-order valence-corrected chi connectivity index (χ2v) is 7.78. The first-order valence-corrected chi connectivity index (χ1v) is 11.1. The number of unbranched alkanes of at least 4 members (excludes halogenated alkanes) is 1. The van der Waals surface area contributed by atoms with Crippen molar-refractivity contribution in [2.24, 2.45) is 10.9 Å². The van der Waals surface area contributed by atoms with Crippen molar-refractivity contribution in [1.82, 2.24) is 15.5 Å². The molecule has 0 spiro atoms. The zero-order valence-electron chi connectivity index (χ0n) is 18.2. The molecule has 1 unspecified atom stereocenters. The van der Waals surface area contributed by atoms with E-state index in [2.05, 4.69) is 53.6 Å². The number of likely N-dealkylation sites (tertiary alicyclic amines) is 1. The molecule has 1 heterocycles. The highest BCUT2D eigenvalue weighted by atomic mass is 16.5. The van der Waals surface area contributed by atoms with Crippen LogP contribution < -0.4 is 10.6 Å². The molecular weight excluding hydrogens is 348 g/mol. The number of piperidine rings is 1. The van der Waals surface area contributed by atoms with Gasteiger partial charge in [-0.2, -0.15) is 0 Å². The minimum Gasteiger partial charge on any atom is -0.382 e. The van der Waals surface area contributed by atoms with Crippen LogP contribution in [0.3, 0.4) is 0 Å². The number of guanidine groups is 1. The number of hydrogen-bond donors (Lipinski definition) is 2. The van der Waals surface area contributed by atoms with Crippen molar-refractivity contribution in [2.45, 2.75) is 59.5 Å². The molecule has 158 valence electrons. The second kappa shape index (κ2) is 13.6. The van der Waals surface area contributed by atoms with Gasteiger partial charge >= 0.3 is 0 Å². The number of nitrogens with zero attached hydrogens (tertiary/aromatic N) is 2. The van der Waals surface area contributed by atoms with Gasteiger partial charge in [0.25, 0.3) is 0 Å². The van der Waals surface area contributed by atoms with Gasteiger partial charge in [-0.3, -0.25) is 4.90 Å². The maximum atomic E-state index is 5.40. The summed E-state index contributed by atoms with van der Waals surface area (Å²) in [7, 11) is 0. The smallest absolute Gasteiger partial charge is 0.191 e. The molecule has 1 fully saturated rings. The van der Waals surface area contributed by atoms with E-state index in [0.717, 1.165) is 57.6 Å². The molecule has 0 amide bonds. The Morgan fingerprint density at radius 1 is 1.18 bits per heavy atom. The van der Waals surface area contributed by atoms with Gasteiger partial charge in [-0.05, 0) is 63.1 Å². The summed E-state index contributed by atoms with van der Waals surface area (Å²) in [4.78, 5) is 7.43. The molecule has 0 aliphatic carbocycles. The van der Waals surface area contributed by atoms with Crippen LogP contribution in [0.4, 0.5) is 0 Å². The van der Waals surface area contributed by atoms with Crippen molar-refractivity contribution in [1.29, 1.82) is 0 Å². The zero-order valence-corrected chi connectivity index (χ0v) is 18.2. The van der Waals surface area contributed by atoms with Crippen molar-refractivity contribution in [3.05, 3.63) is 35.4 Å². The predicted molar refractivity (Wildman–Crippen MR) is 119 cm³/mol. The number of rotatable bonds is 11. The lowest BCUT2D eigenvalue weighted by Crippen LogP contribution is -2.37. The highest BCUT2D eigenvalue weighted by Gasteiger charge is 2.17. The van der Waals surface area contributed by atoms with Crippen molar-refractivity contribution >= 4 is 5.96 Å². The molecule has 1 atom stereocenters. The van der Waals surface area contributed by atoms with Gasteiger partial charge in [0, 0.05) is 39.4 Å². The largest absolute Gasteiger partial charge is 0.382 e. The van der Waals surface area contributed by atoms with E-state index in [1.807, 2.05) is 6.92 Å². The molecule has 1 aliphatic heterocycles. The van der Waals surface area contributed by atoms with Crippen LogP contribution >= 0.6 is 0 Å². The van der Waals surface area contributed by atoms with Crippen LogP contribution in [0.15, 0.2) is 29.3 Å². The summed E-state index contributed by atoms with van der Waals surface area (Å²) in [5.41, 5.74) is 2.74. The molecule has 1 aliphatic rings. The van der Waals surface area contributed by atoms with Crippen LogP contribution in [0.5, 0.6) is 0 Å². The molecule has 5 heteroatoms. The number of ether oxygens (including phenoxy) is 1. The van der Waals surface area contributed by atoms with Crippen LogP contribution in [0.25, 0.3) is 0 Å². The molecule has 2 N–H and O–H groups in total. The van der Waals surface area contributed by atoms with Gasteiger partial charge in [0.05, 0.1) is 6.54 Å². The van der Waals surface area contributed by atoms with Crippen molar-refractivity contribution in [3.8, 4) is 0 Å². The van der Waals surface area contributed by atoms with Crippen LogP contribution in [-0.2, 0) is 17.8 Å². The van der Waals surface area contributed by atoms with Crippen molar-refractivity contribution in [2.75, 3.05) is 39.4 Å². The Morgan fingerprint density at radius 2 is 2.00 bits per heavy atom. The van der Waals surface area contributed by atoms with E-state index in [4.69, 9.17) is 9.73 Å². The molecule has 0 saturated carbocycles. The second-order valence-electron chi connectivity index (χ2n) is 7.78. The first kappa shape index (κ1) is 22.7. The summed E-state index contributed by atoms with van der Waals surface area (Å²) in [6.45, 7) is 14.1. The highest BCUT2D eigenvalue weighted by molar-refractivity contribution is 5.79. The summed E-state index contributed by atoms with van der Waals surface area (Å²) in [6.07, 6.45) is 4.86. The molecule has 1 aromatic rings. The summed E-state index contributed by atoms with van der Waals surface area (Å²) < 4.78 is 5.40.